The number of allylic oxidation sites excluding steroid dienone is 8. The lowest BCUT2D eigenvalue weighted by atomic mass is 10.0. The van der Waals surface area contributed by atoms with Crippen molar-refractivity contribution in [3.05, 3.63) is 48.6 Å². The lowest BCUT2D eigenvalue weighted by Crippen LogP contribution is -2.29. The molecular weight excluding hydrogens is 711 g/mol. The summed E-state index contributed by atoms with van der Waals surface area (Å²) in [4.78, 5) is 42.9. The Hall–Kier alpha value is -1.99. The topological polar surface area (TPSA) is 119 Å². The number of esters is 2. The van der Waals surface area contributed by atoms with E-state index in [1.54, 1.807) is 0 Å². The van der Waals surface area contributed by atoms with E-state index in [0.717, 1.165) is 57.8 Å². The van der Waals surface area contributed by atoms with E-state index < -0.39 is 32.5 Å². The van der Waals surface area contributed by atoms with Gasteiger partial charge in [-0.2, -0.15) is 0 Å². The third-order valence-corrected chi connectivity index (χ3v) is 10.2. The number of unbranched alkanes of at least 4 members (excludes halogenated alkanes) is 26. The second-order valence-corrected chi connectivity index (χ2v) is 16.3. The second-order valence-electron chi connectivity index (χ2n) is 15.1. The van der Waals surface area contributed by atoms with E-state index in [1.807, 2.05) is 30.4 Å². The molecular formula is C46H83O8P. The van der Waals surface area contributed by atoms with E-state index in [9.17, 15) is 14.2 Å². The first kappa shape index (κ1) is 53.0. The molecule has 0 fully saturated rings. The molecule has 0 aromatic carbocycles. The first-order chi connectivity index (χ1) is 26.8. The highest BCUT2D eigenvalue weighted by Gasteiger charge is 2.22. The van der Waals surface area contributed by atoms with Gasteiger partial charge in [0.2, 0.25) is 0 Å². The van der Waals surface area contributed by atoms with E-state index >= 15 is 0 Å². The smallest absolute Gasteiger partial charge is 0.462 e. The maximum absolute atomic E-state index is 12.4. The van der Waals surface area contributed by atoms with Gasteiger partial charge in [-0.3, -0.25) is 14.1 Å². The molecule has 8 nitrogen and oxygen atoms in total. The lowest BCUT2D eigenvalue weighted by molar-refractivity contribution is -0.161. The number of phosphoric ester groups is 1. The van der Waals surface area contributed by atoms with E-state index in [4.69, 9.17) is 19.3 Å². The Balaban J connectivity index is 3.85. The third-order valence-electron chi connectivity index (χ3n) is 9.71. The Bertz CT molecular complexity index is 1030. The van der Waals surface area contributed by atoms with Gasteiger partial charge >= 0.3 is 19.8 Å². The number of rotatable bonds is 41. The van der Waals surface area contributed by atoms with E-state index in [2.05, 4.69) is 36.6 Å². The first-order valence-corrected chi connectivity index (χ1v) is 24.0. The molecule has 0 unspecified atom stereocenters. The average molecular weight is 795 g/mol. The quantitative estimate of drug-likeness (QED) is 0.0272. The van der Waals surface area contributed by atoms with Gasteiger partial charge in [0.05, 0.1) is 6.61 Å². The molecule has 0 aromatic rings. The van der Waals surface area contributed by atoms with Crippen LogP contribution in [0.25, 0.3) is 0 Å². The highest BCUT2D eigenvalue weighted by Crippen LogP contribution is 2.36. The van der Waals surface area contributed by atoms with E-state index in [-0.39, 0.29) is 19.4 Å². The third kappa shape index (κ3) is 44.6. The highest BCUT2D eigenvalue weighted by molar-refractivity contribution is 7.46. The molecule has 55 heavy (non-hydrogen) atoms. The molecule has 0 aliphatic heterocycles. The fourth-order valence-electron chi connectivity index (χ4n) is 6.39. The number of phosphoric acid groups is 1. The van der Waals surface area contributed by atoms with Crippen molar-refractivity contribution in [1.82, 2.24) is 0 Å². The van der Waals surface area contributed by atoms with Crippen LogP contribution in [0.2, 0.25) is 0 Å². The molecule has 2 N–H and O–H groups in total. The van der Waals surface area contributed by atoms with Crippen LogP contribution in [-0.4, -0.2) is 41.0 Å². The minimum absolute atomic E-state index is 0.186. The van der Waals surface area contributed by atoms with Crippen molar-refractivity contribution < 1.29 is 37.9 Å². The summed E-state index contributed by atoms with van der Waals surface area (Å²) in [6.07, 6.45) is 51.3. The summed E-state index contributed by atoms with van der Waals surface area (Å²) in [5.74, 6) is -0.906. The van der Waals surface area contributed by atoms with Gasteiger partial charge < -0.3 is 19.3 Å². The van der Waals surface area contributed by atoms with Gasteiger partial charge in [0.1, 0.15) is 6.61 Å². The van der Waals surface area contributed by atoms with Crippen LogP contribution < -0.4 is 0 Å². The van der Waals surface area contributed by atoms with Crippen LogP contribution >= 0.6 is 7.82 Å². The van der Waals surface area contributed by atoms with E-state index in [0.29, 0.717) is 6.42 Å². The summed E-state index contributed by atoms with van der Waals surface area (Å²) >= 11 is 0. The van der Waals surface area contributed by atoms with Crippen LogP contribution in [0.1, 0.15) is 213 Å². The molecule has 1 atom stereocenters. The van der Waals surface area contributed by atoms with Crippen molar-refractivity contribution in [3.8, 4) is 0 Å². The Kier molecular flexibility index (Phi) is 40.1. The standard InChI is InChI=1S/C46H83O8P/c1-3-5-7-9-11-13-15-17-19-20-21-22-23-24-25-27-28-30-32-34-36-38-40-45(47)52-42-44(43-53-55(49,50)51)54-46(48)41-39-37-35-33-31-29-26-18-16-14-12-10-8-6-4-2/h6,8,10,12,14,16,18,26,44H,3-5,7,9,11,13,15,17,19-25,27-43H2,1-2H3,(H2,49,50,51)/b8-6+,12-10+,16-14+,26-18+/t44-/m1/s1. The molecule has 0 rings (SSSR count). The minimum atomic E-state index is -4.76. The van der Waals surface area contributed by atoms with Crippen LogP contribution in [0.5, 0.6) is 0 Å². The maximum Gasteiger partial charge on any atom is 0.469 e. The van der Waals surface area contributed by atoms with Crippen molar-refractivity contribution in [3.63, 3.8) is 0 Å². The fraction of sp³-hybridized carbons (Fsp3) is 0.783. The number of ether oxygens (including phenoxy) is 2. The number of hydrogen-bond acceptors (Lipinski definition) is 6. The SMILES string of the molecule is CC/C=C/C=C/C=C/C=C/CCCCCCCC(=O)O[C@H](COC(=O)CCCCCCCCCCCCCCCCCCCCCCCC)COP(=O)(O)O. The zero-order valence-corrected chi connectivity index (χ0v) is 36.2. The molecule has 9 heteroatoms. The Morgan fingerprint density at radius 1 is 0.491 bits per heavy atom. The molecule has 0 spiro atoms. The summed E-state index contributed by atoms with van der Waals surface area (Å²) in [6, 6.07) is 0. The second kappa shape index (κ2) is 41.6. The van der Waals surface area contributed by atoms with Crippen LogP contribution in [0.15, 0.2) is 48.6 Å². The summed E-state index contributed by atoms with van der Waals surface area (Å²) in [7, 11) is -4.76. The lowest BCUT2D eigenvalue weighted by Gasteiger charge is -2.18. The molecule has 0 radical (unpaired) electrons. The summed E-state index contributed by atoms with van der Waals surface area (Å²) in [5, 5.41) is 0. The average Bonchev–Trinajstić information content (AvgIpc) is 3.16. The number of hydrogen-bond donors (Lipinski definition) is 2. The summed E-state index contributed by atoms with van der Waals surface area (Å²) < 4.78 is 26.4. The first-order valence-electron chi connectivity index (χ1n) is 22.5. The summed E-state index contributed by atoms with van der Waals surface area (Å²) in [5.41, 5.74) is 0. The molecule has 0 aromatic heterocycles. The molecule has 0 aliphatic carbocycles. The zero-order chi connectivity index (χ0) is 40.3. The molecule has 0 bridgehead atoms. The van der Waals surface area contributed by atoms with Crippen LogP contribution in [0.4, 0.5) is 0 Å². The van der Waals surface area contributed by atoms with Gasteiger partial charge in [0, 0.05) is 12.8 Å². The van der Waals surface area contributed by atoms with Gasteiger partial charge in [-0.1, -0.05) is 217 Å². The van der Waals surface area contributed by atoms with Gasteiger partial charge in [-0.15, -0.1) is 0 Å². The van der Waals surface area contributed by atoms with Crippen molar-refractivity contribution >= 4 is 19.8 Å². The molecule has 0 amide bonds. The molecule has 320 valence electrons. The van der Waals surface area contributed by atoms with Crippen molar-refractivity contribution in [2.75, 3.05) is 13.2 Å². The molecule has 0 saturated carbocycles. The predicted molar refractivity (Wildman–Crippen MR) is 230 cm³/mol. The fourth-order valence-corrected chi connectivity index (χ4v) is 6.75. The summed E-state index contributed by atoms with van der Waals surface area (Å²) in [6.45, 7) is 3.55. The predicted octanol–water partition coefficient (Wildman–Crippen LogP) is 13.9. The van der Waals surface area contributed by atoms with Crippen LogP contribution in [-0.2, 0) is 28.2 Å². The molecule has 0 aliphatic rings. The highest BCUT2D eigenvalue weighted by atomic mass is 31.2. The minimum Gasteiger partial charge on any atom is -0.462 e. The largest absolute Gasteiger partial charge is 0.469 e. The Morgan fingerprint density at radius 3 is 1.31 bits per heavy atom. The van der Waals surface area contributed by atoms with Crippen molar-refractivity contribution in [2.24, 2.45) is 0 Å². The molecule has 0 heterocycles. The van der Waals surface area contributed by atoms with Crippen molar-refractivity contribution in [1.29, 1.82) is 0 Å². The van der Waals surface area contributed by atoms with Crippen LogP contribution in [0.3, 0.4) is 0 Å². The zero-order valence-electron chi connectivity index (χ0n) is 35.3. The Morgan fingerprint density at radius 2 is 0.873 bits per heavy atom. The van der Waals surface area contributed by atoms with Crippen LogP contribution in [0, 0.1) is 0 Å². The monoisotopic (exact) mass is 795 g/mol. The van der Waals surface area contributed by atoms with Gasteiger partial charge in [0.15, 0.2) is 6.10 Å². The van der Waals surface area contributed by atoms with Gasteiger partial charge in [-0.05, 0) is 32.1 Å². The maximum atomic E-state index is 12.4. The van der Waals surface area contributed by atoms with Gasteiger partial charge in [0.25, 0.3) is 0 Å². The van der Waals surface area contributed by atoms with Gasteiger partial charge in [-0.25, -0.2) is 4.57 Å². The van der Waals surface area contributed by atoms with Crippen molar-refractivity contribution in [2.45, 2.75) is 219 Å². The number of carbonyl (C=O) groups excluding carboxylic acids is 2. The number of carbonyl (C=O) groups is 2. The van der Waals surface area contributed by atoms with E-state index in [1.165, 1.54) is 122 Å². The molecule has 0 saturated heterocycles. The Labute approximate surface area is 337 Å². The normalized spacial score (nSPS) is 12.9.